The molecule has 160 valence electrons. The van der Waals surface area contributed by atoms with Crippen LogP contribution in [0.25, 0.3) is 16.7 Å². The van der Waals surface area contributed by atoms with Gasteiger partial charge in [0.05, 0.1) is 27.0 Å². The van der Waals surface area contributed by atoms with Gasteiger partial charge in [-0.2, -0.15) is 0 Å². The second-order valence-electron chi connectivity index (χ2n) is 6.76. The summed E-state index contributed by atoms with van der Waals surface area (Å²) in [5, 5.41) is 0.210. The van der Waals surface area contributed by atoms with E-state index in [2.05, 4.69) is 4.98 Å². The average molecular weight is 423 g/mol. The van der Waals surface area contributed by atoms with Crippen molar-refractivity contribution in [2.24, 2.45) is 19.1 Å². The lowest BCUT2D eigenvalue weighted by Gasteiger charge is -2.13. The lowest BCUT2D eigenvalue weighted by molar-refractivity contribution is 0.324. The topological polar surface area (TPSA) is 101 Å². The molecule has 31 heavy (non-hydrogen) atoms. The van der Waals surface area contributed by atoms with Crippen molar-refractivity contribution in [3.05, 3.63) is 62.9 Å². The number of pyridine rings is 1. The Morgan fingerprint density at radius 2 is 1.61 bits per heavy atom. The molecule has 1 aromatic carbocycles. The third kappa shape index (κ3) is 3.12. The molecule has 0 fully saturated rings. The van der Waals surface area contributed by atoms with E-state index < -0.39 is 11.2 Å². The van der Waals surface area contributed by atoms with E-state index in [-0.39, 0.29) is 11.0 Å². The van der Waals surface area contributed by atoms with Gasteiger partial charge in [-0.1, -0.05) is 6.07 Å². The number of methoxy groups -OCH3 is 3. The van der Waals surface area contributed by atoms with Crippen LogP contribution in [0.3, 0.4) is 0 Å². The van der Waals surface area contributed by atoms with E-state index in [9.17, 15) is 9.59 Å². The van der Waals surface area contributed by atoms with Crippen LogP contribution in [0.5, 0.6) is 17.2 Å². The first-order valence-corrected chi connectivity index (χ1v) is 9.33. The first-order chi connectivity index (χ1) is 14.9. The summed E-state index contributed by atoms with van der Waals surface area (Å²) >= 11 is 0. The van der Waals surface area contributed by atoms with E-state index in [0.717, 1.165) is 4.57 Å². The molecular formula is C21H21N5O5. The molecule has 4 rings (SSSR count). The number of ether oxygens (including phenoxy) is 3. The number of rotatable bonds is 4. The quantitative estimate of drug-likeness (QED) is 0.457. The maximum absolute atomic E-state index is 13.1. The highest BCUT2D eigenvalue weighted by molar-refractivity contribution is 5.75. The highest BCUT2D eigenvalue weighted by atomic mass is 16.5. The Bertz CT molecular complexity index is 1490. The molecule has 0 saturated heterocycles. The summed E-state index contributed by atoms with van der Waals surface area (Å²) in [5.41, 5.74) is 0.607. The molecule has 0 radical (unpaired) electrons. The molecule has 0 amide bonds. The number of hydrogen-bond acceptors (Lipinski definition) is 7. The fraction of sp³-hybridized carbons (Fsp3) is 0.238. The standard InChI is InChI=1S/C21H21N5O5/c1-24-18-16(20(27)25(2)21(24)28)19(26-9-7-6-8-15(26)23-18)22-12-10-13(29-3)17(31-5)14(11-12)30-4/h6-11H,1-5H3. The molecular weight excluding hydrogens is 402 g/mol. The summed E-state index contributed by atoms with van der Waals surface area (Å²) in [6.45, 7) is 0. The smallest absolute Gasteiger partial charge is 0.332 e. The Kier molecular flexibility index (Phi) is 4.97. The molecule has 0 unspecified atom stereocenters. The summed E-state index contributed by atoms with van der Waals surface area (Å²) in [6, 6.07) is 8.75. The van der Waals surface area contributed by atoms with Crippen LogP contribution in [-0.2, 0) is 14.1 Å². The van der Waals surface area contributed by atoms with Crippen molar-refractivity contribution in [1.29, 1.82) is 0 Å². The Morgan fingerprint density at radius 3 is 2.23 bits per heavy atom. The molecule has 0 atom stereocenters. The predicted molar refractivity (Wildman–Crippen MR) is 115 cm³/mol. The van der Waals surface area contributed by atoms with Crippen molar-refractivity contribution >= 4 is 22.4 Å². The maximum Gasteiger partial charge on any atom is 0.332 e. The Balaban J connectivity index is 2.23. The first-order valence-electron chi connectivity index (χ1n) is 9.33. The molecule has 4 aromatic rings. The summed E-state index contributed by atoms with van der Waals surface area (Å²) < 4.78 is 20.3. The SMILES string of the molecule is COc1cc(N=c2c3c(=O)n(C)c(=O)n(C)c3nc3ccccn23)cc(OC)c1OC. The van der Waals surface area contributed by atoms with Crippen molar-refractivity contribution in [2.75, 3.05) is 21.3 Å². The predicted octanol–water partition coefficient (Wildman–Crippen LogP) is 1.14. The van der Waals surface area contributed by atoms with Crippen molar-refractivity contribution in [1.82, 2.24) is 18.5 Å². The van der Waals surface area contributed by atoms with Gasteiger partial charge in [-0.15, -0.1) is 0 Å². The highest BCUT2D eigenvalue weighted by Crippen LogP contribution is 2.40. The molecule has 0 aliphatic heterocycles. The van der Waals surface area contributed by atoms with Crippen LogP contribution >= 0.6 is 0 Å². The monoisotopic (exact) mass is 423 g/mol. The van der Waals surface area contributed by atoms with Gasteiger partial charge in [-0.25, -0.2) is 14.8 Å². The zero-order chi connectivity index (χ0) is 22.3. The zero-order valence-electron chi connectivity index (χ0n) is 17.7. The molecule has 0 aliphatic carbocycles. The number of fused-ring (bicyclic) bond motifs is 2. The Labute approximate surface area is 176 Å². The van der Waals surface area contributed by atoms with E-state index >= 15 is 0 Å². The van der Waals surface area contributed by atoms with Gasteiger partial charge in [0.15, 0.2) is 22.6 Å². The number of hydrogen-bond donors (Lipinski definition) is 0. The van der Waals surface area contributed by atoms with Crippen LogP contribution in [-0.4, -0.2) is 39.8 Å². The van der Waals surface area contributed by atoms with Crippen molar-refractivity contribution in [3.63, 3.8) is 0 Å². The minimum Gasteiger partial charge on any atom is -0.493 e. The van der Waals surface area contributed by atoms with E-state index in [4.69, 9.17) is 19.2 Å². The van der Waals surface area contributed by atoms with Crippen LogP contribution in [0.4, 0.5) is 5.69 Å². The molecule has 0 aliphatic rings. The molecule has 0 saturated carbocycles. The Hall–Kier alpha value is -4.08. The molecule has 3 aromatic heterocycles. The van der Waals surface area contributed by atoms with E-state index in [1.807, 2.05) is 6.07 Å². The summed E-state index contributed by atoms with van der Waals surface area (Å²) in [7, 11) is 7.53. The highest BCUT2D eigenvalue weighted by Gasteiger charge is 2.16. The van der Waals surface area contributed by atoms with Crippen LogP contribution in [0, 0.1) is 0 Å². The van der Waals surface area contributed by atoms with Gasteiger partial charge < -0.3 is 14.2 Å². The van der Waals surface area contributed by atoms with Gasteiger partial charge in [0.25, 0.3) is 5.56 Å². The van der Waals surface area contributed by atoms with Crippen molar-refractivity contribution < 1.29 is 14.2 Å². The summed E-state index contributed by atoms with van der Waals surface area (Å²) in [4.78, 5) is 34.8. The number of aromatic nitrogens is 4. The second-order valence-corrected chi connectivity index (χ2v) is 6.76. The van der Waals surface area contributed by atoms with Gasteiger partial charge >= 0.3 is 5.69 Å². The van der Waals surface area contributed by atoms with Gasteiger partial charge in [-0.05, 0) is 12.1 Å². The fourth-order valence-electron chi connectivity index (χ4n) is 3.46. The van der Waals surface area contributed by atoms with Gasteiger partial charge in [0.2, 0.25) is 5.75 Å². The zero-order valence-corrected chi connectivity index (χ0v) is 17.7. The lowest BCUT2D eigenvalue weighted by atomic mass is 10.2. The third-order valence-electron chi connectivity index (χ3n) is 5.03. The molecule has 0 bridgehead atoms. The third-order valence-corrected chi connectivity index (χ3v) is 5.03. The van der Waals surface area contributed by atoms with E-state index in [1.54, 1.807) is 41.9 Å². The minimum absolute atomic E-state index is 0.210. The fourth-order valence-corrected chi connectivity index (χ4v) is 3.46. The van der Waals surface area contributed by atoms with Crippen LogP contribution in [0.15, 0.2) is 51.1 Å². The number of benzene rings is 1. The van der Waals surface area contributed by atoms with Gasteiger partial charge in [0, 0.05) is 32.4 Å². The second kappa shape index (κ2) is 7.63. The lowest BCUT2D eigenvalue weighted by Crippen LogP contribution is -2.40. The van der Waals surface area contributed by atoms with Crippen LogP contribution in [0.2, 0.25) is 0 Å². The maximum atomic E-state index is 13.1. The largest absolute Gasteiger partial charge is 0.493 e. The first kappa shape index (κ1) is 20.2. The molecule has 0 N–H and O–H groups in total. The van der Waals surface area contributed by atoms with Crippen LogP contribution < -0.4 is 30.9 Å². The van der Waals surface area contributed by atoms with Crippen LogP contribution in [0.1, 0.15) is 0 Å². The minimum atomic E-state index is -0.491. The summed E-state index contributed by atoms with van der Waals surface area (Å²) in [5.74, 6) is 1.28. The van der Waals surface area contributed by atoms with E-state index in [1.165, 1.54) is 32.9 Å². The van der Waals surface area contributed by atoms with Crippen molar-refractivity contribution in [3.8, 4) is 17.2 Å². The molecule has 10 nitrogen and oxygen atoms in total. The van der Waals surface area contributed by atoms with Gasteiger partial charge in [0.1, 0.15) is 11.0 Å². The van der Waals surface area contributed by atoms with E-state index in [0.29, 0.717) is 34.1 Å². The number of nitrogens with zero attached hydrogens (tertiary/aromatic N) is 5. The molecule has 0 spiro atoms. The van der Waals surface area contributed by atoms with Gasteiger partial charge in [-0.3, -0.25) is 18.3 Å². The van der Waals surface area contributed by atoms with Crippen molar-refractivity contribution in [2.45, 2.75) is 0 Å². The Morgan fingerprint density at radius 1 is 0.935 bits per heavy atom. The molecule has 3 heterocycles. The normalized spacial score (nSPS) is 11.8. The number of aryl methyl sites for hydroxylation is 1. The summed E-state index contributed by atoms with van der Waals surface area (Å²) in [6.07, 6.45) is 1.75. The molecule has 10 heteroatoms. The average Bonchev–Trinajstić information content (AvgIpc) is 2.80.